The van der Waals surface area contributed by atoms with Crippen LogP contribution in [0.4, 0.5) is 4.39 Å². The van der Waals surface area contributed by atoms with Crippen LogP contribution in [0.15, 0.2) is 54.7 Å². The first-order valence-corrected chi connectivity index (χ1v) is 11.2. The van der Waals surface area contributed by atoms with Gasteiger partial charge in [0.15, 0.2) is 0 Å². The second-order valence-corrected chi connectivity index (χ2v) is 9.00. The van der Waals surface area contributed by atoms with Gasteiger partial charge in [-0.1, -0.05) is 50.2 Å². The lowest BCUT2D eigenvalue weighted by Gasteiger charge is -2.31. The molecule has 32 heavy (non-hydrogen) atoms. The zero-order valence-electron chi connectivity index (χ0n) is 19.0. The quantitative estimate of drug-likeness (QED) is 0.608. The molecular weight excluding hydrogens is 403 g/mol. The third-order valence-corrected chi connectivity index (χ3v) is 6.10. The number of carbonyl (C=O) groups excluding carboxylic acids is 1. The Kier molecular flexibility index (Phi) is 6.70. The van der Waals surface area contributed by atoms with Crippen molar-refractivity contribution in [2.75, 3.05) is 13.1 Å². The molecule has 168 valence electrons. The molecule has 0 saturated heterocycles. The van der Waals surface area contributed by atoms with Gasteiger partial charge in [0.05, 0.1) is 11.6 Å². The van der Waals surface area contributed by atoms with E-state index in [1.165, 1.54) is 23.3 Å². The number of carbonyl (C=O) groups is 1. The molecule has 1 aliphatic heterocycles. The molecule has 0 radical (unpaired) electrons. The van der Waals surface area contributed by atoms with Gasteiger partial charge in [-0.05, 0) is 41.2 Å². The number of hydrogen-bond donors (Lipinski definition) is 1. The van der Waals surface area contributed by atoms with E-state index in [1.54, 1.807) is 16.8 Å². The summed E-state index contributed by atoms with van der Waals surface area (Å²) in [5.74, 6) is -0.0448. The van der Waals surface area contributed by atoms with Gasteiger partial charge in [0, 0.05) is 45.0 Å². The first-order valence-electron chi connectivity index (χ1n) is 11.2. The molecule has 0 spiro atoms. The average Bonchev–Trinajstić information content (AvgIpc) is 3.15. The maximum atomic E-state index is 13.1. The van der Waals surface area contributed by atoms with Crippen LogP contribution < -0.4 is 5.32 Å². The van der Waals surface area contributed by atoms with Crippen LogP contribution in [0.3, 0.4) is 0 Å². The summed E-state index contributed by atoms with van der Waals surface area (Å²) < 4.78 is 14.9. The number of hydrogen-bond acceptors (Lipinski definition) is 3. The molecule has 4 rings (SSSR count). The number of rotatable bonds is 7. The molecule has 5 nitrogen and oxygen atoms in total. The van der Waals surface area contributed by atoms with Crippen LogP contribution >= 0.6 is 0 Å². The highest BCUT2D eigenvalue weighted by Crippen LogP contribution is 2.28. The van der Waals surface area contributed by atoms with Crippen LogP contribution in [0.1, 0.15) is 53.6 Å². The van der Waals surface area contributed by atoms with Crippen LogP contribution in [0.2, 0.25) is 0 Å². The molecule has 1 N–H and O–H groups in total. The molecule has 0 aliphatic carbocycles. The highest BCUT2D eigenvalue weighted by Gasteiger charge is 2.33. The third kappa shape index (κ3) is 5.25. The van der Waals surface area contributed by atoms with E-state index < -0.39 is 0 Å². The summed E-state index contributed by atoms with van der Waals surface area (Å²) in [6, 6.07) is 15.2. The maximum Gasteiger partial charge on any atom is 0.230 e. The van der Waals surface area contributed by atoms with E-state index in [0.717, 1.165) is 29.9 Å². The summed E-state index contributed by atoms with van der Waals surface area (Å²) in [5, 5.41) is 7.65. The van der Waals surface area contributed by atoms with Crippen LogP contribution in [-0.2, 0) is 31.4 Å². The number of amides is 1. The number of nitrogens with one attached hydrogen (secondary N) is 1. The largest absolute Gasteiger partial charge is 0.355 e. The average molecular weight is 435 g/mol. The van der Waals surface area contributed by atoms with Crippen molar-refractivity contribution in [3.63, 3.8) is 0 Å². The van der Waals surface area contributed by atoms with Crippen LogP contribution in [0.25, 0.3) is 0 Å². The van der Waals surface area contributed by atoms with Crippen molar-refractivity contribution in [3.05, 3.63) is 88.5 Å². The van der Waals surface area contributed by atoms with E-state index in [1.807, 2.05) is 13.2 Å². The van der Waals surface area contributed by atoms with Crippen LogP contribution in [0.5, 0.6) is 0 Å². The lowest BCUT2D eigenvalue weighted by molar-refractivity contribution is -0.123. The fourth-order valence-electron chi connectivity index (χ4n) is 4.32. The molecule has 1 aromatic heterocycles. The summed E-state index contributed by atoms with van der Waals surface area (Å²) in [7, 11) is 1.90. The minimum absolute atomic E-state index is 0.00748. The Bertz CT molecular complexity index is 1060. The molecule has 3 aromatic rings. The number of aromatic nitrogens is 2. The van der Waals surface area contributed by atoms with Gasteiger partial charge in [0.1, 0.15) is 5.82 Å². The van der Waals surface area contributed by atoms with E-state index in [9.17, 15) is 9.18 Å². The van der Waals surface area contributed by atoms with E-state index in [0.29, 0.717) is 25.4 Å². The predicted molar refractivity (Wildman–Crippen MR) is 124 cm³/mol. The maximum absolute atomic E-state index is 13.1. The summed E-state index contributed by atoms with van der Waals surface area (Å²) in [5.41, 5.74) is 5.56. The lowest BCUT2D eigenvalue weighted by atomic mass is 9.95. The molecule has 1 amide bonds. The number of fused-ring (bicyclic) bond motifs is 1. The lowest BCUT2D eigenvalue weighted by Crippen LogP contribution is -2.41. The van der Waals surface area contributed by atoms with Gasteiger partial charge in [0.2, 0.25) is 5.91 Å². The van der Waals surface area contributed by atoms with E-state index in [-0.39, 0.29) is 17.6 Å². The predicted octanol–water partition coefficient (Wildman–Crippen LogP) is 4.14. The monoisotopic (exact) mass is 434 g/mol. The van der Waals surface area contributed by atoms with Gasteiger partial charge >= 0.3 is 0 Å². The summed E-state index contributed by atoms with van der Waals surface area (Å²) in [4.78, 5) is 15.4. The Labute approximate surface area is 189 Å². The van der Waals surface area contributed by atoms with Gasteiger partial charge in [-0.25, -0.2) is 4.39 Å². The zero-order valence-corrected chi connectivity index (χ0v) is 19.0. The Morgan fingerprint density at radius 3 is 2.50 bits per heavy atom. The number of benzene rings is 2. The molecular formula is C26H31FN4O. The molecule has 2 aromatic carbocycles. The highest BCUT2D eigenvalue weighted by molar-refractivity contribution is 5.84. The van der Waals surface area contributed by atoms with Crippen molar-refractivity contribution in [3.8, 4) is 0 Å². The topological polar surface area (TPSA) is 50.2 Å². The smallest absolute Gasteiger partial charge is 0.230 e. The Morgan fingerprint density at radius 1 is 1.12 bits per heavy atom. The van der Waals surface area contributed by atoms with Crippen LogP contribution in [0, 0.1) is 5.82 Å². The standard InChI is InChI=1S/C26H31FN4O/c1-18(2)21-8-4-20(5-9-21)14-31-16-22-15-30(3)29-25(22)24(17-31)26(32)28-13-12-19-6-10-23(27)11-7-19/h4-11,15,18,24H,12-14,16-17H2,1-3H3,(H,28,32). The number of aryl methyl sites for hydroxylation is 1. The second-order valence-electron chi connectivity index (χ2n) is 9.00. The molecule has 6 heteroatoms. The Hall–Kier alpha value is -2.99. The molecule has 0 saturated carbocycles. The first-order chi connectivity index (χ1) is 15.4. The normalized spacial score (nSPS) is 16.2. The molecule has 0 fully saturated rings. The number of nitrogens with zero attached hydrogens (tertiary/aromatic N) is 3. The van der Waals surface area contributed by atoms with Gasteiger partial charge in [-0.15, -0.1) is 0 Å². The zero-order chi connectivity index (χ0) is 22.7. The van der Waals surface area contributed by atoms with Gasteiger partial charge in [-0.2, -0.15) is 5.10 Å². The number of halogens is 1. The van der Waals surface area contributed by atoms with Crippen molar-refractivity contribution in [1.29, 1.82) is 0 Å². The first kappa shape index (κ1) is 22.2. The van der Waals surface area contributed by atoms with E-state index in [2.05, 4.69) is 53.4 Å². The van der Waals surface area contributed by atoms with Crippen molar-refractivity contribution in [2.45, 2.75) is 45.2 Å². The molecule has 1 atom stereocenters. The van der Waals surface area contributed by atoms with Crippen LogP contribution in [-0.4, -0.2) is 33.7 Å². The molecule has 2 heterocycles. The van der Waals surface area contributed by atoms with E-state index >= 15 is 0 Å². The van der Waals surface area contributed by atoms with Crippen molar-refractivity contribution >= 4 is 5.91 Å². The fourth-order valence-corrected chi connectivity index (χ4v) is 4.32. The minimum atomic E-state index is -0.303. The molecule has 1 aliphatic rings. The van der Waals surface area contributed by atoms with Gasteiger partial charge < -0.3 is 5.32 Å². The summed E-state index contributed by atoms with van der Waals surface area (Å²) in [6.45, 7) is 7.13. The van der Waals surface area contributed by atoms with Crippen molar-refractivity contribution in [2.24, 2.45) is 7.05 Å². The SMILES string of the molecule is CC(C)c1ccc(CN2Cc3cn(C)nc3C(C(=O)NCCc3ccc(F)cc3)C2)cc1. The Morgan fingerprint density at radius 2 is 1.81 bits per heavy atom. The second kappa shape index (κ2) is 9.65. The fraction of sp³-hybridized carbons (Fsp3) is 0.385. The third-order valence-electron chi connectivity index (χ3n) is 6.10. The van der Waals surface area contributed by atoms with Crippen molar-refractivity contribution < 1.29 is 9.18 Å². The molecule has 0 bridgehead atoms. The molecule has 1 unspecified atom stereocenters. The van der Waals surface area contributed by atoms with Crippen molar-refractivity contribution in [1.82, 2.24) is 20.0 Å². The van der Waals surface area contributed by atoms with E-state index in [4.69, 9.17) is 0 Å². The summed E-state index contributed by atoms with van der Waals surface area (Å²) >= 11 is 0. The Balaban J connectivity index is 1.42. The summed E-state index contributed by atoms with van der Waals surface area (Å²) in [6.07, 6.45) is 2.68. The minimum Gasteiger partial charge on any atom is -0.355 e. The van der Waals surface area contributed by atoms with Gasteiger partial charge in [0.25, 0.3) is 0 Å². The highest BCUT2D eigenvalue weighted by atomic mass is 19.1. The van der Waals surface area contributed by atoms with Gasteiger partial charge in [-0.3, -0.25) is 14.4 Å².